The highest BCUT2D eigenvalue weighted by Crippen LogP contribution is 2.14. The van der Waals surface area contributed by atoms with Gasteiger partial charge in [-0.3, -0.25) is 0 Å². The molecule has 1 atom stereocenters. The predicted molar refractivity (Wildman–Crippen MR) is 72.4 cm³/mol. The Morgan fingerprint density at radius 1 is 1.59 bits per heavy atom. The highest BCUT2D eigenvalue weighted by atomic mass is 35.5. The van der Waals surface area contributed by atoms with Crippen molar-refractivity contribution in [3.63, 3.8) is 0 Å². The molecule has 1 fully saturated rings. The number of halogens is 1. The van der Waals surface area contributed by atoms with E-state index in [1.165, 1.54) is 32.5 Å². The molecule has 0 saturated carbocycles. The molecule has 98 valence electrons. The molecule has 0 aliphatic carbocycles. The van der Waals surface area contributed by atoms with E-state index in [2.05, 4.69) is 27.1 Å². The first kappa shape index (κ1) is 14.5. The fraction of sp³-hybridized carbons (Fsp3) is 0.750. The van der Waals surface area contributed by atoms with E-state index in [9.17, 15) is 0 Å². The van der Waals surface area contributed by atoms with Gasteiger partial charge in [0.25, 0.3) is 0 Å². The van der Waals surface area contributed by atoms with Crippen molar-refractivity contribution in [1.29, 1.82) is 0 Å². The number of piperidine rings is 1. The highest BCUT2D eigenvalue weighted by molar-refractivity contribution is 5.85. The summed E-state index contributed by atoms with van der Waals surface area (Å²) in [6.07, 6.45) is 6.36. The highest BCUT2D eigenvalue weighted by Gasteiger charge is 2.15. The largest absolute Gasteiger partial charge is 0.347 e. The quantitative estimate of drug-likeness (QED) is 0.790. The number of imidazole rings is 1. The first-order chi connectivity index (χ1) is 7.84. The lowest BCUT2D eigenvalue weighted by molar-refractivity contribution is 0.184. The van der Waals surface area contributed by atoms with E-state index in [0.717, 1.165) is 24.7 Å². The molecule has 1 saturated heterocycles. The average molecular weight is 259 g/mol. The van der Waals surface area contributed by atoms with Crippen molar-refractivity contribution in [1.82, 2.24) is 20.2 Å². The number of nitrogens with zero attached hydrogens (tertiary/aromatic N) is 2. The van der Waals surface area contributed by atoms with Crippen LogP contribution in [0.2, 0.25) is 0 Å². The van der Waals surface area contributed by atoms with Crippen molar-refractivity contribution in [2.75, 3.05) is 26.2 Å². The van der Waals surface area contributed by atoms with Crippen LogP contribution in [0.15, 0.2) is 12.5 Å². The summed E-state index contributed by atoms with van der Waals surface area (Å²) < 4.78 is 0. The summed E-state index contributed by atoms with van der Waals surface area (Å²) >= 11 is 0. The number of rotatable bonds is 5. The maximum Gasteiger partial charge on any atom is 0.0922 e. The fourth-order valence-corrected chi connectivity index (χ4v) is 2.33. The van der Waals surface area contributed by atoms with Gasteiger partial charge >= 0.3 is 0 Å². The molecular weight excluding hydrogens is 236 g/mol. The van der Waals surface area contributed by atoms with E-state index in [0.29, 0.717) is 0 Å². The van der Waals surface area contributed by atoms with Gasteiger partial charge in [0.05, 0.1) is 6.33 Å². The van der Waals surface area contributed by atoms with Crippen LogP contribution in [0.3, 0.4) is 0 Å². The molecule has 1 aliphatic heterocycles. The van der Waals surface area contributed by atoms with Crippen molar-refractivity contribution in [2.45, 2.75) is 26.3 Å². The van der Waals surface area contributed by atoms with Gasteiger partial charge in [-0.2, -0.15) is 0 Å². The van der Waals surface area contributed by atoms with E-state index in [1.807, 2.05) is 6.20 Å². The van der Waals surface area contributed by atoms with Gasteiger partial charge in [-0.05, 0) is 25.3 Å². The van der Waals surface area contributed by atoms with Crippen LogP contribution < -0.4 is 5.32 Å². The molecule has 0 amide bonds. The molecule has 0 radical (unpaired) electrons. The van der Waals surface area contributed by atoms with Crippen molar-refractivity contribution < 1.29 is 0 Å². The lowest BCUT2D eigenvalue weighted by Crippen LogP contribution is -2.38. The third-order valence-corrected chi connectivity index (χ3v) is 3.22. The second kappa shape index (κ2) is 7.69. The summed E-state index contributed by atoms with van der Waals surface area (Å²) in [5.41, 5.74) is 1.16. The zero-order valence-electron chi connectivity index (χ0n) is 10.5. The Balaban J connectivity index is 0.00000144. The van der Waals surface area contributed by atoms with Crippen LogP contribution >= 0.6 is 12.4 Å². The van der Waals surface area contributed by atoms with Crippen molar-refractivity contribution >= 4 is 12.4 Å². The first-order valence-corrected chi connectivity index (χ1v) is 6.25. The number of aromatic amines is 1. The molecule has 2 rings (SSSR count). The number of hydrogen-bond acceptors (Lipinski definition) is 3. The van der Waals surface area contributed by atoms with Crippen LogP contribution in [-0.4, -0.2) is 41.0 Å². The Hall–Kier alpha value is -0.580. The molecule has 1 unspecified atom stereocenters. The van der Waals surface area contributed by atoms with Gasteiger partial charge in [-0.25, -0.2) is 4.98 Å². The average Bonchev–Trinajstić information content (AvgIpc) is 2.77. The Kier molecular flexibility index (Phi) is 6.55. The number of likely N-dealkylation sites (tertiary alicyclic amines) is 1. The Morgan fingerprint density at radius 3 is 3.18 bits per heavy atom. The lowest BCUT2D eigenvalue weighted by atomic mass is 10.0. The summed E-state index contributed by atoms with van der Waals surface area (Å²) in [6, 6.07) is 0. The van der Waals surface area contributed by atoms with Gasteiger partial charge in [0.1, 0.15) is 0 Å². The molecule has 2 heterocycles. The van der Waals surface area contributed by atoms with E-state index in [1.54, 1.807) is 6.33 Å². The van der Waals surface area contributed by atoms with Crippen LogP contribution in [0.1, 0.15) is 25.5 Å². The predicted octanol–water partition coefficient (Wildman–Crippen LogP) is 1.65. The zero-order chi connectivity index (χ0) is 11.2. The Morgan fingerprint density at radius 2 is 2.47 bits per heavy atom. The summed E-state index contributed by atoms with van der Waals surface area (Å²) in [5, 5.41) is 3.44. The minimum atomic E-state index is 0. The standard InChI is InChI=1S/C12H22N4.ClH/c1-11-3-2-5-16(9-11)6-4-13-7-12-8-14-10-15-12;/h8,10-11,13H,2-7,9H2,1H3,(H,14,15);1H. The van der Waals surface area contributed by atoms with Gasteiger partial charge < -0.3 is 15.2 Å². The Labute approximate surface area is 110 Å². The number of H-pyrrole nitrogens is 1. The summed E-state index contributed by atoms with van der Waals surface area (Å²) in [5.74, 6) is 0.876. The third kappa shape index (κ3) is 5.06. The molecule has 0 bridgehead atoms. The fourth-order valence-electron chi connectivity index (χ4n) is 2.33. The third-order valence-electron chi connectivity index (χ3n) is 3.22. The van der Waals surface area contributed by atoms with Crippen molar-refractivity contribution in [3.05, 3.63) is 18.2 Å². The molecule has 0 aromatic carbocycles. The summed E-state index contributed by atoms with van der Waals surface area (Å²) in [6.45, 7) is 8.01. The minimum Gasteiger partial charge on any atom is -0.347 e. The Bertz CT molecular complexity index is 289. The maximum atomic E-state index is 3.99. The van der Waals surface area contributed by atoms with E-state index in [4.69, 9.17) is 0 Å². The summed E-state index contributed by atoms with van der Waals surface area (Å²) in [7, 11) is 0. The molecule has 17 heavy (non-hydrogen) atoms. The van der Waals surface area contributed by atoms with Gasteiger partial charge in [-0.15, -0.1) is 12.4 Å². The van der Waals surface area contributed by atoms with E-state index < -0.39 is 0 Å². The van der Waals surface area contributed by atoms with Gasteiger partial charge in [0.2, 0.25) is 0 Å². The molecule has 0 spiro atoms. The minimum absolute atomic E-state index is 0. The van der Waals surface area contributed by atoms with Crippen molar-refractivity contribution in [3.8, 4) is 0 Å². The van der Waals surface area contributed by atoms with Crippen molar-refractivity contribution in [2.24, 2.45) is 5.92 Å². The lowest BCUT2D eigenvalue weighted by Gasteiger charge is -2.30. The van der Waals surface area contributed by atoms with Crippen LogP contribution in [0.4, 0.5) is 0 Å². The smallest absolute Gasteiger partial charge is 0.0922 e. The second-order valence-corrected chi connectivity index (χ2v) is 4.80. The summed E-state index contributed by atoms with van der Waals surface area (Å²) in [4.78, 5) is 9.65. The molecule has 1 aliphatic rings. The van der Waals surface area contributed by atoms with Crippen LogP contribution in [0.25, 0.3) is 0 Å². The zero-order valence-corrected chi connectivity index (χ0v) is 11.3. The molecular formula is C12H23ClN4. The van der Waals surface area contributed by atoms with Gasteiger partial charge in [0.15, 0.2) is 0 Å². The van der Waals surface area contributed by atoms with E-state index in [-0.39, 0.29) is 12.4 Å². The first-order valence-electron chi connectivity index (χ1n) is 6.25. The van der Waals surface area contributed by atoms with Crippen LogP contribution in [0.5, 0.6) is 0 Å². The molecule has 1 aromatic rings. The maximum absolute atomic E-state index is 3.99. The topological polar surface area (TPSA) is 44.0 Å². The number of aromatic nitrogens is 2. The molecule has 4 nitrogen and oxygen atoms in total. The number of nitrogens with one attached hydrogen (secondary N) is 2. The normalized spacial score (nSPS) is 21.1. The SMILES string of the molecule is CC1CCCN(CCNCc2cnc[nH]2)C1.Cl. The van der Waals surface area contributed by atoms with Crippen LogP contribution in [0, 0.1) is 5.92 Å². The second-order valence-electron chi connectivity index (χ2n) is 4.80. The molecule has 1 aromatic heterocycles. The van der Waals surface area contributed by atoms with E-state index >= 15 is 0 Å². The van der Waals surface area contributed by atoms with Gasteiger partial charge in [0, 0.05) is 38.1 Å². The van der Waals surface area contributed by atoms with Crippen LogP contribution in [-0.2, 0) is 6.54 Å². The molecule has 2 N–H and O–H groups in total. The number of hydrogen-bond donors (Lipinski definition) is 2. The monoisotopic (exact) mass is 258 g/mol. The van der Waals surface area contributed by atoms with Gasteiger partial charge in [-0.1, -0.05) is 6.92 Å². The molecule has 5 heteroatoms.